The highest BCUT2D eigenvalue weighted by Crippen LogP contribution is 2.26. The topological polar surface area (TPSA) is 68.0 Å². The Labute approximate surface area is 118 Å². The fraction of sp³-hybridized carbons (Fsp3) is 0.500. The van der Waals surface area contributed by atoms with Gasteiger partial charge in [-0.05, 0) is 31.7 Å². The summed E-state index contributed by atoms with van der Waals surface area (Å²) in [5.74, 6) is 0.0675. The molecule has 1 fully saturated rings. The van der Waals surface area contributed by atoms with Gasteiger partial charge in [0.1, 0.15) is 0 Å². The van der Waals surface area contributed by atoms with E-state index in [2.05, 4.69) is 10.3 Å². The number of nitrogens with zero attached hydrogens (tertiary/aromatic N) is 1. The zero-order chi connectivity index (χ0) is 12.3. The van der Waals surface area contributed by atoms with Crippen LogP contribution in [0.5, 0.6) is 0 Å². The largest absolute Gasteiger partial charge is 0.328 e. The van der Waals surface area contributed by atoms with Crippen LogP contribution in [-0.2, 0) is 4.79 Å². The van der Waals surface area contributed by atoms with Gasteiger partial charge in [-0.3, -0.25) is 9.78 Å². The van der Waals surface area contributed by atoms with Crippen molar-refractivity contribution in [2.45, 2.75) is 31.7 Å². The van der Waals surface area contributed by atoms with Gasteiger partial charge in [0.15, 0.2) is 0 Å². The summed E-state index contributed by atoms with van der Waals surface area (Å²) in [5.41, 5.74) is 6.39. The first-order valence-corrected chi connectivity index (χ1v) is 6.20. The molecule has 3 N–H and O–H groups in total. The van der Waals surface area contributed by atoms with Crippen molar-refractivity contribution < 1.29 is 4.79 Å². The molecular formula is C12H17Cl2N3O. The molecule has 0 spiro atoms. The number of nitrogens with two attached hydrogens (primary N) is 1. The Balaban J connectivity index is 0.00000162. The number of anilines is 1. The maximum absolute atomic E-state index is 12.0. The van der Waals surface area contributed by atoms with Gasteiger partial charge in [-0.15, -0.1) is 12.4 Å². The zero-order valence-electron chi connectivity index (χ0n) is 9.93. The van der Waals surface area contributed by atoms with Gasteiger partial charge in [0, 0.05) is 18.2 Å². The van der Waals surface area contributed by atoms with Crippen molar-refractivity contribution in [3.63, 3.8) is 0 Å². The number of halogens is 2. The van der Waals surface area contributed by atoms with E-state index in [0.29, 0.717) is 10.7 Å². The molecule has 6 heteroatoms. The molecule has 1 amide bonds. The number of hydrogen-bond donors (Lipinski definition) is 2. The lowest BCUT2D eigenvalue weighted by Crippen LogP contribution is -2.32. The average molecular weight is 290 g/mol. The molecule has 0 aromatic carbocycles. The Hall–Kier alpha value is -0.840. The standard InChI is InChI=1S/C12H16ClN3O.ClH/c13-10-5-6-15-7-11(10)16-12(17)8-1-3-9(14)4-2-8;/h5-9H,1-4,14H2,(H,16,17);1H. The summed E-state index contributed by atoms with van der Waals surface area (Å²) in [7, 11) is 0. The molecule has 0 aliphatic heterocycles. The predicted octanol–water partition coefficient (Wildman–Crippen LogP) is 2.61. The van der Waals surface area contributed by atoms with Gasteiger partial charge in [0.25, 0.3) is 0 Å². The quantitative estimate of drug-likeness (QED) is 0.879. The molecule has 0 unspecified atom stereocenters. The third kappa shape index (κ3) is 3.83. The molecule has 0 saturated heterocycles. The molecule has 0 radical (unpaired) electrons. The minimum absolute atomic E-state index is 0. The average Bonchev–Trinajstić information content (AvgIpc) is 2.33. The van der Waals surface area contributed by atoms with E-state index in [9.17, 15) is 4.79 Å². The van der Waals surface area contributed by atoms with Crippen molar-refractivity contribution in [2.24, 2.45) is 11.7 Å². The number of carbonyl (C=O) groups is 1. The summed E-state index contributed by atoms with van der Waals surface area (Å²) in [6, 6.07) is 1.91. The molecule has 2 rings (SSSR count). The Morgan fingerprint density at radius 2 is 2.06 bits per heavy atom. The van der Waals surface area contributed by atoms with E-state index in [1.54, 1.807) is 18.5 Å². The lowest BCUT2D eigenvalue weighted by molar-refractivity contribution is -0.120. The molecule has 4 nitrogen and oxygen atoms in total. The van der Waals surface area contributed by atoms with E-state index < -0.39 is 0 Å². The molecule has 1 aliphatic carbocycles. The number of hydrogen-bond acceptors (Lipinski definition) is 3. The highest BCUT2D eigenvalue weighted by Gasteiger charge is 2.24. The minimum atomic E-state index is 0. The fourth-order valence-electron chi connectivity index (χ4n) is 2.09. The molecule has 18 heavy (non-hydrogen) atoms. The van der Waals surface area contributed by atoms with Crippen LogP contribution >= 0.6 is 24.0 Å². The van der Waals surface area contributed by atoms with Gasteiger partial charge in [-0.1, -0.05) is 11.6 Å². The van der Waals surface area contributed by atoms with Crippen LogP contribution < -0.4 is 11.1 Å². The second-order valence-corrected chi connectivity index (χ2v) is 4.86. The number of rotatable bonds is 2. The highest BCUT2D eigenvalue weighted by molar-refractivity contribution is 6.33. The maximum Gasteiger partial charge on any atom is 0.227 e. The van der Waals surface area contributed by atoms with Gasteiger partial charge < -0.3 is 11.1 Å². The molecular weight excluding hydrogens is 273 g/mol. The first-order valence-electron chi connectivity index (χ1n) is 5.83. The van der Waals surface area contributed by atoms with E-state index >= 15 is 0 Å². The Bertz CT molecular complexity index is 406. The Kier molecular flexibility index (Phi) is 5.85. The Morgan fingerprint density at radius 3 is 2.67 bits per heavy atom. The number of pyridine rings is 1. The van der Waals surface area contributed by atoms with E-state index in [-0.39, 0.29) is 30.3 Å². The van der Waals surface area contributed by atoms with Gasteiger partial charge in [0.2, 0.25) is 5.91 Å². The molecule has 100 valence electrons. The maximum atomic E-state index is 12.0. The van der Waals surface area contributed by atoms with E-state index in [1.807, 2.05) is 0 Å². The van der Waals surface area contributed by atoms with E-state index in [1.165, 1.54) is 0 Å². The molecule has 1 heterocycles. The predicted molar refractivity (Wildman–Crippen MR) is 75.1 cm³/mol. The van der Waals surface area contributed by atoms with Crippen molar-refractivity contribution in [1.82, 2.24) is 4.98 Å². The molecule has 1 aliphatic rings. The number of nitrogens with one attached hydrogen (secondary N) is 1. The van der Waals surface area contributed by atoms with Crippen molar-refractivity contribution in [3.05, 3.63) is 23.5 Å². The third-order valence-electron chi connectivity index (χ3n) is 3.17. The second-order valence-electron chi connectivity index (χ2n) is 4.46. The third-order valence-corrected chi connectivity index (χ3v) is 3.50. The zero-order valence-corrected chi connectivity index (χ0v) is 11.5. The first-order chi connectivity index (χ1) is 8.16. The van der Waals surface area contributed by atoms with Crippen molar-refractivity contribution >= 4 is 35.6 Å². The van der Waals surface area contributed by atoms with Gasteiger partial charge in [-0.25, -0.2) is 0 Å². The van der Waals surface area contributed by atoms with Gasteiger partial charge >= 0.3 is 0 Å². The molecule has 1 aromatic rings. The van der Waals surface area contributed by atoms with E-state index in [0.717, 1.165) is 25.7 Å². The number of carbonyl (C=O) groups excluding carboxylic acids is 1. The number of amides is 1. The lowest BCUT2D eigenvalue weighted by Gasteiger charge is -2.25. The van der Waals surface area contributed by atoms with E-state index in [4.69, 9.17) is 17.3 Å². The summed E-state index contributed by atoms with van der Waals surface area (Å²) in [4.78, 5) is 15.9. The molecule has 0 bridgehead atoms. The van der Waals surface area contributed by atoms with Crippen LogP contribution in [0.3, 0.4) is 0 Å². The highest BCUT2D eigenvalue weighted by atomic mass is 35.5. The Morgan fingerprint density at radius 1 is 1.39 bits per heavy atom. The summed E-state index contributed by atoms with van der Waals surface area (Å²) in [5, 5.41) is 3.34. The summed E-state index contributed by atoms with van der Waals surface area (Å²) in [6.07, 6.45) is 6.69. The molecule has 0 atom stereocenters. The van der Waals surface area contributed by atoms with Crippen LogP contribution in [0.15, 0.2) is 18.5 Å². The van der Waals surface area contributed by atoms with Gasteiger partial charge in [0.05, 0.1) is 16.9 Å². The van der Waals surface area contributed by atoms with Gasteiger partial charge in [-0.2, -0.15) is 0 Å². The van der Waals surface area contributed by atoms with Crippen molar-refractivity contribution in [3.8, 4) is 0 Å². The normalized spacial score (nSPS) is 23.0. The molecule has 1 aromatic heterocycles. The van der Waals surface area contributed by atoms with Crippen LogP contribution in [0.25, 0.3) is 0 Å². The smallest absolute Gasteiger partial charge is 0.227 e. The number of aromatic nitrogens is 1. The van der Waals surface area contributed by atoms with Crippen LogP contribution in [0.1, 0.15) is 25.7 Å². The van der Waals surface area contributed by atoms with Crippen molar-refractivity contribution in [2.75, 3.05) is 5.32 Å². The second kappa shape index (κ2) is 6.92. The fourth-order valence-corrected chi connectivity index (χ4v) is 2.24. The minimum Gasteiger partial charge on any atom is -0.328 e. The summed E-state index contributed by atoms with van der Waals surface area (Å²) in [6.45, 7) is 0. The van der Waals surface area contributed by atoms with Crippen molar-refractivity contribution in [1.29, 1.82) is 0 Å². The first kappa shape index (κ1) is 15.2. The lowest BCUT2D eigenvalue weighted by atomic mass is 9.86. The van der Waals surface area contributed by atoms with Crippen LogP contribution in [0, 0.1) is 5.92 Å². The monoisotopic (exact) mass is 289 g/mol. The molecule has 1 saturated carbocycles. The van der Waals surface area contributed by atoms with Crippen LogP contribution in [0.2, 0.25) is 5.02 Å². The summed E-state index contributed by atoms with van der Waals surface area (Å²) < 4.78 is 0. The SMILES string of the molecule is Cl.NC1CCC(C(=O)Nc2cnccc2Cl)CC1. The van der Waals surface area contributed by atoms with Crippen LogP contribution in [0.4, 0.5) is 5.69 Å². The summed E-state index contributed by atoms with van der Waals surface area (Å²) >= 11 is 5.96. The van der Waals surface area contributed by atoms with Crippen LogP contribution in [-0.4, -0.2) is 16.9 Å².